The Hall–Kier alpha value is -2.44. The number of carbonyl (C=O) groups excluding carboxylic acids is 1. The molecule has 0 aliphatic heterocycles. The Morgan fingerprint density at radius 1 is 1.53 bits per heavy atom. The molecule has 0 spiro atoms. The fourth-order valence-corrected chi connectivity index (χ4v) is 1.30. The number of carbonyl (C=O) groups is 1. The quantitative estimate of drug-likeness (QED) is 0.784. The van der Waals surface area contributed by atoms with Crippen LogP contribution in [0.2, 0.25) is 0 Å². The second-order valence-electron chi connectivity index (χ2n) is 3.28. The molecule has 2 aromatic rings. The fourth-order valence-electron chi connectivity index (χ4n) is 1.30. The second kappa shape index (κ2) is 4.60. The largest absolute Gasteiger partial charge is 0.364 e. The minimum Gasteiger partial charge on any atom is -0.364 e. The van der Waals surface area contributed by atoms with Gasteiger partial charge in [-0.1, -0.05) is 0 Å². The molecule has 2 rings (SSSR count). The van der Waals surface area contributed by atoms with Gasteiger partial charge in [-0.25, -0.2) is 9.67 Å². The summed E-state index contributed by atoms with van der Waals surface area (Å²) in [4.78, 5) is 19.2. The van der Waals surface area contributed by atoms with Gasteiger partial charge in [0.2, 0.25) is 5.95 Å². The van der Waals surface area contributed by atoms with Crippen LogP contribution >= 0.6 is 0 Å². The van der Waals surface area contributed by atoms with Gasteiger partial charge in [0.05, 0.1) is 0 Å². The summed E-state index contributed by atoms with van der Waals surface area (Å²) < 4.78 is 1.47. The molecule has 0 radical (unpaired) electrons. The number of anilines is 1. The number of hydrogen-bond donors (Lipinski definition) is 2. The average molecular weight is 232 g/mol. The molecular weight excluding hydrogens is 220 g/mol. The first-order valence-electron chi connectivity index (χ1n) is 5.13. The number of amides is 1. The zero-order chi connectivity index (χ0) is 12.3. The monoisotopic (exact) mass is 232 g/mol. The lowest BCUT2D eigenvalue weighted by atomic mass is 10.4. The van der Waals surface area contributed by atoms with Crippen LogP contribution in [-0.2, 0) is 0 Å². The van der Waals surface area contributed by atoms with Gasteiger partial charge in [0.15, 0.2) is 5.82 Å². The van der Waals surface area contributed by atoms with Gasteiger partial charge in [-0.05, 0) is 13.0 Å². The van der Waals surface area contributed by atoms with Gasteiger partial charge in [0.1, 0.15) is 5.69 Å². The fraction of sp³-hybridized carbons (Fsp3) is 0.200. The maximum atomic E-state index is 10.9. The standard InChI is InChI=1S/C10H12N6O/c1-2-12-10-13-5-3-8(14-10)16-6-4-7(15-16)9(11)17/h3-6H,2H2,1H3,(H2,11,17)(H,12,13,14). The van der Waals surface area contributed by atoms with E-state index in [-0.39, 0.29) is 5.69 Å². The van der Waals surface area contributed by atoms with E-state index in [2.05, 4.69) is 20.4 Å². The molecule has 0 saturated carbocycles. The van der Waals surface area contributed by atoms with Crippen molar-refractivity contribution in [3.63, 3.8) is 0 Å². The molecule has 7 nitrogen and oxygen atoms in total. The van der Waals surface area contributed by atoms with Crippen LogP contribution in [0.3, 0.4) is 0 Å². The van der Waals surface area contributed by atoms with E-state index in [0.29, 0.717) is 11.8 Å². The Morgan fingerprint density at radius 2 is 2.35 bits per heavy atom. The van der Waals surface area contributed by atoms with Crippen LogP contribution in [0.15, 0.2) is 24.5 Å². The first-order chi connectivity index (χ1) is 8.20. The highest BCUT2D eigenvalue weighted by molar-refractivity contribution is 5.90. The molecule has 3 N–H and O–H groups in total. The highest BCUT2D eigenvalue weighted by Gasteiger charge is 2.07. The molecule has 2 aromatic heterocycles. The SMILES string of the molecule is CCNc1nccc(-n2ccc(C(N)=O)n2)n1. The van der Waals surface area contributed by atoms with Crippen molar-refractivity contribution in [3.8, 4) is 5.82 Å². The summed E-state index contributed by atoms with van der Waals surface area (Å²) in [6.07, 6.45) is 3.24. The molecule has 17 heavy (non-hydrogen) atoms. The zero-order valence-electron chi connectivity index (χ0n) is 9.29. The van der Waals surface area contributed by atoms with Crippen LogP contribution in [0.5, 0.6) is 0 Å². The van der Waals surface area contributed by atoms with Crippen LogP contribution in [0, 0.1) is 0 Å². The summed E-state index contributed by atoms with van der Waals surface area (Å²) in [5.41, 5.74) is 5.33. The van der Waals surface area contributed by atoms with E-state index in [4.69, 9.17) is 5.73 Å². The summed E-state index contributed by atoms with van der Waals surface area (Å²) in [6.45, 7) is 2.68. The first kappa shape index (κ1) is 11.1. The second-order valence-corrected chi connectivity index (χ2v) is 3.28. The van der Waals surface area contributed by atoms with Gasteiger partial charge in [-0.2, -0.15) is 10.1 Å². The molecule has 2 heterocycles. The number of primary amides is 1. The van der Waals surface area contributed by atoms with Gasteiger partial charge in [-0.3, -0.25) is 4.79 Å². The van der Waals surface area contributed by atoms with Crippen LogP contribution in [0.25, 0.3) is 5.82 Å². The Bertz CT molecular complexity index is 535. The average Bonchev–Trinajstić information content (AvgIpc) is 2.79. The number of rotatable bonds is 4. The molecule has 0 atom stereocenters. The van der Waals surface area contributed by atoms with E-state index in [1.54, 1.807) is 18.5 Å². The lowest BCUT2D eigenvalue weighted by molar-refractivity contribution is 0.0995. The van der Waals surface area contributed by atoms with Crippen molar-refractivity contribution in [2.75, 3.05) is 11.9 Å². The third kappa shape index (κ3) is 2.39. The maximum absolute atomic E-state index is 10.9. The Morgan fingerprint density at radius 3 is 3.00 bits per heavy atom. The first-order valence-corrected chi connectivity index (χ1v) is 5.13. The molecule has 0 bridgehead atoms. The maximum Gasteiger partial charge on any atom is 0.269 e. The number of nitrogens with zero attached hydrogens (tertiary/aromatic N) is 4. The lowest BCUT2D eigenvalue weighted by Crippen LogP contribution is -2.12. The lowest BCUT2D eigenvalue weighted by Gasteiger charge is -2.03. The Kier molecular flexibility index (Phi) is 2.99. The number of nitrogens with one attached hydrogen (secondary N) is 1. The van der Waals surface area contributed by atoms with Crippen molar-refractivity contribution in [2.24, 2.45) is 5.73 Å². The van der Waals surface area contributed by atoms with Crippen LogP contribution in [0.4, 0.5) is 5.95 Å². The molecular formula is C10H12N6O. The van der Waals surface area contributed by atoms with Gasteiger partial charge in [-0.15, -0.1) is 0 Å². The predicted octanol–water partition coefficient (Wildman–Crippen LogP) is 0.193. The van der Waals surface area contributed by atoms with Crippen molar-refractivity contribution in [1.29, 1.82) is 0 Å². The van der Waals surface area contributed by atoms with Crippen molar-refractivity contribution in [1.82, 2.24) is 19.7 Å². The molecule has 0 aromatic carbocycles. The van der Waals surface area contributed by atoms with Crippen LogP contribution in [0.1, 0.15) is 17.4 Å². The topological polar surface area (TPSA) is 98.7 Å². The molecule has 0 fully saturated rings. The van der Waals surface area contributed by atoms with Crippen molar-refractivity contribution < 1.29 is 4.79 Å². The van der Waals surface area contributed by atoms with Gasteiger partial charge in [0, 0.05) is 25.0 Å². The van der Waals surface area contributed by atoms with Gasteiger partial charge < -0.3 is 11.1 Å². The van der Waals surface area contributed by atoms with Gasteiger partial charge in [0.25, 0.3) is 5.91 Å². The normalized spacial score (nSPS) is 10.2. The van der Waals surface area contributed by atoms with E-state index in [9.17, 15) is 4.79 Å². The van der Waals surface area contributed by atoms with E-state index in [1.165, 1.54) is 10.7 Å². The third-order valence-corrected chi connectivity index (χ3v) is 2.05. The highest BCUT2D eigenvalue weighted by Crippen LogP contribution is 2.06. The molecule has 0 saturated heterocycles. The van der Waals surface area contributed by atoms with E-state index < -0.39 is 5.91 Å². The van der Waals surface area contributed by atoms with Crippen molar-refractivity contribution >= 4 is 11.9 Å². The van der Waals surface area contributed by atoms with E-state index in [0.717, 1.165) is 6.54 Å². The highest BCUT2D eigenvalue weighted by atomic mass is 16.1. The predicted molar refractivity (Wildman–Crippen MR) is 61.8 cm³/mol. The number of hydrogen-bond acceptors (Lipinski definition) is 5. The van der Waals surface area contributed by atoms with Gasteiger partial charge >= 0.3 is 0 Å². The number of aromatic nitrogens is 4. The zero-order valence-corrected chi connectivity index (χ0v) is 9.29. The Labute approximate surface area is 97.7 Å². The van der Waals surface area contributed by atoms with E-state index >= 15 is 0 Å². The molecule has 1 amide bonds. The Balaban J connectivity index is 2.31. The number of nitrogens with two attached hydrogens (primary N) is 1. The minimum atomic E-state index is -0.565. The minimum absolute atomic E-state index is 0.202. The summed E-state index contributed by atoms with van der Waals surface area (Å²) in [6, 6.07) is 3.23. The van der Waals surface area contributed by atoms with Crippen molar-refractivity contribution in [3.05, 3.63) is 30.2 Å². The molecule has 88 valence electrons. The van der Waals surface area contributed by atoms with Crippen LogP contribution in [-0.4, -0.2) is 32.2 Å². The molecule has 0 aliphatic rings. The molecule has 7 heteroatoms. The molecule has 0 unspecified atom stereocenters. The summed E-state index contributed by atoms with van der Waals surface area (Å²) in [5.74, 6) is 0.522. The van der Waals surface area contributed by atoms with Crippen LogP contribution < -0.4 is 11.1 Å². The third-order valence-electron chi connectivity index (χ3n) is 2.05. The smallest absolute Gasteiger partial charge is 0.269 e. The van der Waals surface area contributed by atoms with E-state index in [1.807, 2.05) is 6.92 Å². The summed E-state index contributed by atoms with van der Waals surface area (Å²) in [5, 5.41) is 7.00. The van der Waals surface area contributed by atoms with Crippen molar-refractivity contribution in [2.45, 2.75) is 6.92 Å². The summed E-state index contributed by atoms with van der Waals surface area (Å²) in [7, 11) is 0. The summed E-state index contributed by atoms with van der Waals surface area (Å²) >= 11 is 0. The molecule has 0 aliphatic carbocycles.